The van der Waals surface area contributed by atoms with Crippen molar-refractivity contribution < 1.29 is 20.1 Å². The molecule has 1 atom stereocenters. The number of carbonyl (C=O) groups is 1. The van der Waals surface area contributed by atoms with Gasteiger partial charge >= 0.3 is 5.97 Å². The highest BCUT2D eigenvalue weighted by atomic mass is 16.4. The third kappa shape index (κ3) is 2.41. The minimum atomic E-state index is -0.778. The van der Waals surface area contributed by atoms with E-state index in [0.717, 1.165) is 0 Å². The normalized spacial score (nSPS) is 24.3. The van der Waals surface area contributed by atoms with Crippen LogP contribution < -0.4 is 0 Å². The highest BCUT2D eigenvalue weighted by molar-refractivity contribution is 5.74. The van der Waals surface area contributed by atoms with Crippen molar-refractivity contribution in [2.24, 2.45) is 5.41 Å². The zero-order valence-electron chi connectivity index (χ0n) is 10.3. The molecule has 0 amide bonds. The largest absolute Gasteiger partial charge is 0.508 e. The first-order chi connectivity index (χ1) is 8.40. The third-order valence-electron chi connectivity index (χ3n) is 3.53. The lowest BCUT2D eigenvalue weighted by atomic mass is 9.90. The molecule has 1 heterocycles. The van der Waals surface area contributed by atoms with Crippen LogP contribution in [0.25, 0.3) is 0 Å². The number of phenols is 2. The Balaban J connectivity index is 2.06. The van der Waals surface area contributed by atoms with Crippen LogP contribution in [0.1, 0.15) is 18.9 Å². The first kappa shape index (κ1) is 12.7. The molecule has 0 saturated carbocycles. The second kappa shape index (κ2) is 4.49. The van der Waals surface area contributed by atoms with E-state index in [2.05, 4.69) is 0 Å². The van der Waals surface area contributed by atoms with Crippen LogP contribution in [0.5, 0.6) is 11.5 Å². The monoisotopic (exact) mass is 251 g/mol. The summed E-state index contributed by atoms with van der Waals surface area (Å²) in [6.45, 7) is 3.41. The SMILES string of the molecule is CC1(C(=O)O)CCN(Cc2ccc(O)cc2O)C1. The topological polar surface area (TPSA) is 81.0 Å². The first-order valence-corrected chi connectivity index (χ1v) is 5.87. The molecule has 1 aliphatic heterocycles. The van der Waals surface area contributed by atoms with Crippen LogP contribution in [0, 0.1) is 5.41 Å². The molecule has 1 fully saturated rings. The van der Waals surface area contributed by atoms with Gasteiger partial charge in [-0.3, -0.25) is 9.69 Å². The van der Waals surface area contributed by atoms with Crippen LogP contribution in [0.15, 0.2) is 18.2 Å². The molecule has 1 saturated heterocycles. The number of rotatable bonds is 3. The van der Waals surface area contributed by atoms with E-state index in [4.69, 9.17) is 5.11 Å². The molecule has 0 spiro atoms. The second-order valence-electron chi connectivity index (χ2n) is 5.14. The number of carboxylic acids is 1. The predicted molar refractivity (Wildman–Crippen MR) is 65.4 cm³/mol. The fourth-order valence-corrected chi connectivity index (χ4v) is 2.29. The van der Waals surface area contributed by atoms with Crippen molar-refractivity contribution in [1.82, 2.24) is 4.90 Å². The number of benzene rings is 1. The molecule has 5 nitrogen and oxygen atoms in total. The van der Waals surface area contributed by atoms with Crippen molar-refractivity contribution in [2.75, 3.05) is 13.1 Å². The quantitative estimate of drug-likeness (QED) is 0.756. The molecular weight excluding hydrogens is 234 g/mol. The summed E-state index contributed by atoms with van der Waals surface area (Å²) < 4.78 is 0. The van der Waals surface area contributed by atoms with Crippen molar-refractivity contribution in [3.05, 3.63) is 23.8 Å². The van der Waals surface area contributed by atoms with E-state index in [0.29, 0.717) is 31.6 Å². The van der Waals surface area contributed by atoms with E-state index in [1.807, 2.05) is 4.90 Å². The maximum atomic E-state index is 11.1. The number of aliphatic carboxylic acids is 1. The lowest BCUT2D eigenvalue weighted by Crippen LogP contribution is -2.31. The van der Waals surface area contributed by atoms with Crippen molar-refractivity contribution >= 4 is 5.97 Å². The van der Waals surface area contributed by atoms with Gasteiger partial charge in [0, 0.05) is 24.7 Å². The predicted octanol–water partition coefficient (Wildman–Crippen LogP) is 1.39. The molecule has 0 aromatic heterocycles. The Morgan fingerprint density at radius 3 is 2.72 bits per heavy atom. The van der Waals surface area contributed by atoms with Gasteiger partial charge in [0.25, 0.3) is 0 Å². The standard InChI is InChI=1S/C13H17NO4/c1-13(12(17)18)4-5-14(8-13)7-9-2-3-10(15)6-11(9)16/h2-3,6,15-16H,4-5,7-8H2,1H3,(H,17,18). The fraction of sp³-hybridized carbons (Fsp3) is 0.462. The van der Waals surface area contributed by atoms with E-state index in [1.165, 1.54) is 12.1 Å². The molecule has 3 N–H and O–H groups in total. The molecule has 2 rings (SSSR count). The Labute approximate surface area is 105 Å². The second-order valence-corrected chi connectivity index (χ2v) is 5.14. The van der Waals surface area contributed by atoms with Crippen molar-refractivity contribution in [1.29, 1.82) is 0 Å². The zero-order chi connectivity index (χ0) is 13.3. The summed E-state index contributed by atoms with van der Waals surface area (Å²) in [5.74, 6) is -0.716. The van der Waals surface area contributed by atoms with E-state index in [9.17, 15) is 15.0 Å². The number of hydrogen-bond acceptors (Lipinski definition) is 4. The highest BCUT2D eigenvalue weighted by Crippen LogP contribution is 2.32. The Morgan fingerprint density at radius 2 is 2.17 bits per heavy atom. The summed E-state index contributed by atoms with van der Waals surface area (Å²) >= 11 is 0. The van der Waals surface area contributed by atoms with Crippen molar-refractivity contribution in [3.8, 4) is 11.5 Å². The van der Waals surface area contributed by atoms with Crippen LogP contribution in [-0.4, -0.2) is 39.3 Å². The molecule has 0 radical (unpaired) electrons. The van der Waals surface area contributed by atoms with Crippen LogP contribution >= 0.6 is 0 Å². The lowest BCUT2D eigenvalue weighted by Gasteiger charge is -2.20. The molecule has 18 heavy (non-hydrogen) atoms. The van der Waals surface area contributed by atoms with Gasteiger partial charge in [-0.25, -0.2) is 0 Å². The van der Waals surface area contributed by atoms with Gasteiger partial charge in [0.15, 0.2) is 0 Å². The van der Waals surface area contributed by atoms with E-state index < -0.39 is 11.4 Å². The summed E-state index contributed by atoms with van der Waals surface area (Å²) in [5.41, 5.74) is -0.00514. The number of hydrogen-bond donors (Lipinski definition) is 3. The summed E-state index contributed by atoms with van der Waals surface area (Å²) in [7, 11) is 0. The van der Waals surface area contributed by atoms with Crippen LogP contribution in [0.4, 0.5) is 0 Å². The molecule has 1 aromatic rings. The Bertz CT molecular complexity index is 474. The van der Waals surface area contributed by atoms with Gasteiger partial charge in [0.2, 0.25) is 0 Å². The van der Waals surface area contributed by atoms with E-state index in [-0.39, 0.29) is 11.5 Å². The van der Waals surface area contributed by atoms with E-state index >= 15 is 0 Å². The molecule has 1 aromatic carbocycles. The highest BCUT2D eigenvalue weighted by Gasteiger charge is 2.40. The molecule has 0 bridgehead atoms. The van der Waals surface area contributed by atoms with Crippen LogP contribution in [0.3, 0.4) is 0 Å². The average Bonchev–Trinajstić information content (AvgIpc) is 2.66. The molecule has 0 aliphatic carbocycles. The molecule has 1 unspecified atom stereocenters. The Hall–Kier alpha value is -1.75. The van der Waals surface area contributed by atoms with Gasteiger partial charge in [-0.15, -0.1) is 0 Å². The molecule has 1 aliphatic rings. The summed E-state index contributed by atoms with van der Waals surface area (Å²) in [5, 5.41) is 28.0. The number of aromatic hydroxyl groups is 2. The average molecular weight is 251 g/mol. The summed E-state index contributed by atoms with van der Waals surface area (Å²) in [4.78, 5) is 13.1. The number of likely N-dealkylation sites (tertiary alicyclic amines) is 1. The number of nitrogens with zero attached hydrogens (tertiary/aromatic N) is 1. The minimum Gasteiger partial charge on any atom is -0.508 e. The van der Waals surface area contributed by atoms with Gasteiger partial charge in [0.1, 0.15) is 11.5 Å². The van der Waals surface area contributed by atoms with E-state index in [1.54, 1.807) is 13.0 Å². The molecule has 5 heteroatoms. The molecular formula is C13H17NO4. The Kier molecular flexibility index (Phi) is 3.17. The lowest BCUT2D eigenvalue weighted by molar-refractivity contribution is -0.147. The summed E-state index contributed by atoms with van der Waals surface area (Å²) in [6.07, 6.45) is 0.612. The third-order valence-corrected chi connectivity index (χ3v) is 3.53. The zero-order valence-corrected chi connectivity index (χ0v) is 10.3. The Morgan fingerprint density at radius 1 is 1.44 bits per heavy atom. The number of phenolic OH excluding ortho intramolecular Hbond substituents is 2. The van der Waals surface area contributed by atoms with Gasteiger partial charge in [-0.05, 0) is 26.0 Å². The number of carboxylic acid groups (broad SMARTS) is 1. The van der Waals surface area contributed by atoms with Crippen molar-refractivity contribution in [2.45, 2.75) is 19.9 Å². The first-order valence-electron chi connectivity index (χ1n) is 5.87. The summed E-state index contributed by atoms with van der Waals surface area (Å²) in [6, 6.07) is 4.46. The van der Waals surface area contributed by atoms with Gasteiger partial charge in [-0.2, -0.15) is 0 Å². The molecule has 98 valence electrons. The van der Waals surface area contributed by atoms with Gasteiger partial charge in [0.05, 0.1) is 5.41 Å². The minimum absolute atomic E-state index is 0.0213. The van der Waals surface area contributed by atoms with Crippen LogP contribution in [0.2, 0.25) is 0 Å². The smallest absolute Gasteiger partial charge is 0.310 e. The van der Waals surface area contributed by atoms with Gasteiger partial charge in [-0.1, -0.05) is 6.07 Å². The van der Waals surface area contributed by atoms with Crippen molar-refractivity contribution in [3.63, 3.8) is 0 Å². The van der Waals surface area contributed by atoms with Gasteiger partial charge < -0.3 is 15.3 Å². The fourth-order valence-electron chi connectivity index (χ4n) is 2.29. The van der Waals surface area contributed by atoms with Crippen LogP contribution in [-0.2, 0) is 11.3 Å². The maximum Gasteiger partial charge on any atom is 0.310 e. The maximum absolute atomic E-state index is 11.1.